The van der Waals surface area contributed by atoms with Gasteiger partial charge in [-0.2, -0.15) is 8.78 Å². The van der Waals surface area contributed by atoms with Gasteiger partial charge in [-0.25, -0.2) is 17.2 Å². The zero-order chi connectivity index (χ0) is 19.2. The molecule has 0 aliphatic heterocycles. The second-order valence-corrected chi connectivity index (χ2v) is 7.57. The van der Waals surface area contributed by atoms with E-state index in [1.165, 1.54) is 0 Å². The van der Waals surface area contributed by atoms with Crippen molar-refractivity contribution in [1.29, 1.82) is 0 Å². The maximum absolute atomic E-state index is 13.3. The Morgan fingerprint density at radius 3 is 2.27 bits per heavy atom. The number of fused-ring (bicyclic) bond motifs is 1. The monoisotopic (exact) mass is 392 g/mol. The van der Waals surface area contributed by atoms with Crippen molar-refractivity contribution in [2.24, 2.45) is 0 Å². The van der Waals surface area contributed by atoms with Crippen LogP contribution in [-0.2, 0) is 16.3 Å². The fraction of sp³-hybridized carbons (Fsp3) is 0.250. The van der Waals surface area contributed by atoms with E-state index in [0.717, 1.165) is 24.3 Å². The fourth-order valence-electron chi connectivity index (χ4n) is 2.83. The van der Waals surface area contributed by atoms with E-state index >= 15 is 0 Å². The Morgan fingerprint density at radius 2 is 1.69 bits per heavy atom. The number of hydrogen-bond acceptors (Lipinski definition) is 5. The normalized spacial score (nSPS) is 19.7. The highest BCUT2D eigenvalue weighted by molar-refractivity contribution is 7.91. The van der Waals surface area contributed by atoms with Crippen LogP contribution in [0.5, 0.6) is 11.5 Å². The van der Waals surface area contributed by atoms with Gasteiger partial charge in [-0.05, 0) is 12.1 Å². The van der Waals surface area contributed by atoms with Crippen molar-refractivity contribution in [2.45, 2.75) is 29.3 Å². The van der Waals surface area contributed by atoms with E-state index in [0.29, 0.717) is 6.07 Å². The van der Waals surface area contributed by atoms with E-state index in [-0.39, 0.29) is 23.5 Å². The Morgan fingerprint density at radius 1 is 1.08 bits per heavy atom. The number of rotatable bonds is 4. The summed E-state index contributed by atoms with van der Waals surface area (Å²) in [7, 11) is -5.04. The summed E-state index contributed by atoms with van der Waals surface area (Å²) in [5, 5.41) is 19.8. The molecule has 140 valence electrons. The van der Waals surface area contributed by atoms with E-state index < -0.39 is 49.9 Å². The molecule has 2 aromatic carbocycles. The van der Waals surface area contributed by atoms with Crippen molar-refractivity contribution in [1.82, 2.24) is 0 Å². The van der Waals surface area contributed by atoms with E-state index in [1.807, 2.05) is 0 Å². The van der Waals surface area contributed by atoms with Crippen LogP contribution in [0.3, 0.4) is 0 Å². The van der Waals surface area contributed by atoms with Crippen molar-refractivity contribution in [3.63, 3.8) is 0 Å². The molecule has 0 radical (unpaired) electrons. The molecule has 10 heteroatoms. The summed E-state index contributed by atoms with van der Waals surface area (Å²) >= 11 is 0. The third-order valence-corrected chi connectivity index (χ3v) is 5.39. The molecule has 1 aliphatic carbocycles. The molecule has 0 spiro atoms. The first-order valence-electron chi connectivity index (χ1n) is 7.29. The Hall–Kier alpha value is -2.17. The van der Waals surface area contributed by atoms with Gasteiger partial charge in [-0.3, -0.25) is 0 Å². The highest BCUT2D eigenvalue weighted by Crippen LogP contribution is 2.43. The number of benzene rings is 2. The van der Waals surface area contributed by atoms with Crippen LogP contribution in [0.1, 0.15) is 17.2 Å². The van der Waals surface area contributed by atoms with Crippen LogP contribution in [0, 0.1) is 11.6 Å². The lowest BCUT2D eigenvalue weighted by atomic mass is 10.1. The van der Waals surface area contributed by atoms with Crippen LogP contribution in [-0.4, -0.2) is 30.5 Å². The van der Waals surface area contributed by atoms with Crippen LogP contribution in [0.25, 0.3) is 0 Å². The van der Waals surface area contributed by atoms with Gasteiger partial charge >= 0.3 is 5.76 Å². The molecule has 0 unspecified atom stereocenters. The number of halogens is 4. The van der Waals surface area contributed by atoms with E-state index in [9.17, 15) is 36.2 Å². The molecule has 26 heavy (non-hydrogen) atoms. The Balaban J connectivity index is 2.13. The first-order chi connectivity index (χ1) is 12.1. The van der Waals surface area contributed by atoms with Gasteiger partial charge in [-0.15, -0.1) is 0 Å². The molecule has 2 atom stereocenters. The highest BCUT2D eigenvalue weighted by Gasteiger charge is 2.40. The van der Waals surface area contributed by atoms with Crippen molar-refractivity contribution in [3.8, 4) is 11.5 Å². The SMILES string of the molecule is O=S(=O)(c1ccc(Oc2cc(F)cc(F)c2)c2c1[C@@H](O)[C@@H](O)C2)C(F)F. The maximum Gasteiger partial charge on any atom is 0.341 e. The molecule has 0 bridgehead atoms. The molecule has 3 rings (SSSR count). The summed E-state index contributed by atoms with van der Waals surface area (Å²) in [6.45, 7) is 0. The summed E-state index contributed by atoms with van der Waals surface area (Å²) in [6.07, 6.45) is -3.44. The van der Waals surface area contributed by atoms with Gasteiger partial charge in [0, 0.05) is 35.7 Å². The average molecular weight is 392 g/mol. The minimum Gasteiger partial charge on any atom is -0.457 e. The molecule has 0 saturated carbocycles. The number of aliphatic hydroxyl groups excluding tert-OH is 2. The van der Waals surface area contributed by atoms with Gasteiger partial charge in [0.15, 0.2) is 0 Å². The van der Waals surface area contributed by atoms with Gasteiger partial charge in [0.1, 0.15) is 29.2 Å². The first-order valence-corrected chi connectivity index (χ1v) is 8.84. The van der Waals surface area contributed by atoms with Gasteiger partial charge < -0.3 is 14.9 Å². The van der Waals surface area contributed by atoms with Gasteiger partial charge in [0.2, 0.25) is 9.84 Å². The Bertz CT molecular complexity index is 941. The molecule has 0 fully saturated rings. The lowest BCUT2D eigenvalue weighted by Crippen LogP contribution is -2.17. The van der Waals surface area contributed by atoms with Crippen molar-refractivity contribution in [2.75, 3.05) is 0 Å². The van der Waals surface area contributed by atoms with E-state index in [4.69, 9.17) is 4.74 Å². The summed E-state index contributed by atoms with van der Waals surface area (Å²) in [4.78, 5) is -0.829. The standard InChI is InChI=1S/C16H12F4O5S/c17-7-3-8(18)5-9(4-7)25-12-1-2-13(26(23,24)16(19)20)14-10(12)6-11(21)15(14)22/h1-5,11,15-16,21-22H,6H2/t11-,15-/m0/s1. The Labute approximate surface area is 145 Å². The van der Waals surface area contributed by atoms with Crippen molar-refractivity contribution < 1.29 is 40.9 Å². The largest absolute Gasteiger partial charge is 0.457 e. The molecule has 0 heterocycles. The predicted octanol–water partition coefficient (Wildman–Crippen LogP) is 2.70. The summed E-state index contributed by atoms with van der Waals surface area (Å²) in [5.74, 6) is -5.94. The predicted molar refractivity (Wildman–Crippen MR) is 80.7 cm³/mol. The smallest absolute Gasteiger partial charge is 0.341 e. The summed E-state index contributed by atoms with van der Waals surface area (Å²) in [5.41, 5.74) is -0.441. The molecule has 0 amide bonds. The van der Waals surface area contributed by atoms with Crippen LogP contribution in [0.2, 0.25) is 0 Å². The molecule has 5 nitrogen and oxygen atoms in total. The van der Waals surface area contributed by atoms with E-state index in [1.54, 1.807) is 0 Å². The minimum atomic E-state index is -5.04. The lowest BCUT2D eigenvalue weighted by Gasteiger charge is -2.16. The molecule has 1 aliphatic rings. The first kappa shape index (κ1) is 18.6. The Kier molecular flexibility index (Phi) is 4.67. The average Bonchev–Trinajstić information content (AvgIpc) is 2.82. The third-order valence-electron chi connectivity index (χ3n) is 3.95. The van der Waals surface area contributed by atoms with Crippen LogP contribution in [0.4, 0.5) is 17.6 Å². The molecule has 0 saturated heterocycles. The number of ether oxygens (including phenoxy) is 1. The van der Waals surface area contributed by atoms with Crippen molar-refractivity contribution >= 4 is 9.84 Å². The number of alkyl halides is 2. The highest BCUT2D eigenvalue weighted by atomic mass is 32.2. The molecule has 0 aromatic heterocycles. The van der Waals surface area contributed by atoms with Crippen LogP contribution < -0.4 is 4.74 Å². The van der Waals surface area contributed by atoms with Crippen molar-refractivity contribution in [3.05, 3.63) is 53.1 Å². The zero-order valence-electron chi connectivity index (χ0n) is 12.9. The second-order valence-electron chi connectivity index (χ2n) is 5.68. The molecular formula is C16H12F4O5S. The summed E-state index contributed by atoms with van der Waals surface area (Å²) < 4.78 is 81.3. The fourth-order valence-corrected chi connectivity index (χ4v) is 3.83. The number of sulfone groups is 1. The van der Waals surface area contributed by atoms with Crippen LogP contribution in [0.15, 0.2) is 35.2 Å². The summed E-state index contributed by atoms with van der Waals surface area (Å²) in [6, 6.07) is 4.17. The molecule has 2 aromatic rings. The minimum absolute atomic E-state index is 0.0311. The molecule has 2 N–H and O–H groups in total. The molecular weight excluding hydrogens is 380 g/mol. The van der Waals surface area contributed by atoms with Crippen LogP contribution >= 0.6 is 0 Å². The number of hydrogen-bond donors (Lipinski definition) is 2. The van der Waals surface area contributed by atoms with Gasteiger partial charge in [0.25, 0.3) is 0 Å². The number of aliphatic hydroxyl groups is 2. The zero-order valence-corrected chi connectivity index (χ0v) is 13.7. The van der Waals surface area contributed by atoms with Gasteiger partial charge in [-0.1, -0.05) is 0 Å². The third kappa shape index (κ3) is 3.15. The quantitative estimate of drug-likeness (QED) is 0.782. The topological polar surface area (TPSA) is 83.8 Å². The maximum atomic E-state index is 13.3. The second kappa shape index (κ2) is 6.53. The van der Waals surface area contributed by atoms with E-state index in [2.05, 4.69) is 0 Å². The van der Waals surface area contributed by atoms with Gasteiger partial charge in [0.05, 0.1) is 11.0 Å². The lowest BCUT2D eigenvalue weighted by molar-refractivity contribution is 0.0312.